The van der Waals surface area contributed by atoms with Crippen molar-refractivity contribution in [2.75, 3.05) is 43.6 Å². The average molecular weight is 481 g/mol. The molecule has 176 valence electrons. The number of hydrogen-bond donors (Lipinski definition) is 1. The molecule has 1 unspecified atom stereocenters. The lowest BCUT2D eigenvalue weighted by atomic mass is 10.1. The molecule has 1 atom stereocenters. The van der Waals surface area contributed by atoms with Gasteiger partial charge in [0.25, 0.3) is 0 Å². The summed E-state index contributed by atoms with van der Waals surface area (Å²) < 4.78 is 11.5. The number of carbonyl (C=O) groups excluding carboxylic acids is 2. The van der Waals surface area contributed by atoms with Crippen molar-refractivity contribution in [2.24, 2.45) is 0 Å². The summed E-state index contributed by atoms with van der Waals surface area (Å²) in [6, 6.07) is 5.82. The molecule has 0 spiro atoms. The van der Waals surface area contributed by atoms with Crippen molar-refractivity contribution in [3.63, 3.8) is 0 Å². The van der Waals surface area contributed by atoms with Crippen LogP contribution in [0.1, 0.15) is 23.0 Å². The second-order valence-electron chi connectivity index (χ2n) is 8.05. The summed E-state index contributed by atoms with van der Waals surface area (Å²) in [5.74, 6) is 2.65. The highest BCUT2D eigenvalue weighted by molar-refractivity contribution is 7.17. The Bertz CT molecular complexity index is 1230. The number of ether oxygens (including phenoxy) is 2. The third kappa shape index (κ3) is 4.26. The summed E-state index contributed by atoms with van der Waals surface area (Å²) in [5.41, 5.74) is 1.49. The third-order valence-electron chi connectivity index (χ3n) is 5.98. The highest BCUT2D eigenvalue weighted by atomic mass is 32.1. The first-order valence-corrected chi connectivity index (χ1v) is 11.8. The molecular formula is C23H24N6O4S. The molecule has 5 heterocycles. The van der Waals surface area contributed by atoms with Gasteiger partial charge in [0.1, 0.15) is 0 Å². The molecule has 1 saturated heterocycles. The molecule has 1 amide bonds. The van der Waals surface area contributed by atoms with E-state index in [0.29, 0.717) is 52.7 Å². The molecule has 1 fully saturated rings. The summed E-state index contributed by atoms with van der Waals surface area (Å²) in [5, 5.41) is 3.68. The fourth-order valence-electron chi connectivity index (χ4n) is 4.23. The van der Waals surface area contributed by atoms with E-state index in [1.807, 2.05) is 23.1 Å². The van der Waals surface area contributed by atoms with Gasteiger partial charge in [-0.05, 0) is 18.2 Å². The van der Waals surface area contributed by atoms with E-state index in [1.165, 1.54) is 17.5 Å². The van der Waals surface area contributed by atoms with Gasteiger partial charge in [0.05, 0.1) is 36.5 Å². The smallest absolute Gasteiger partial charge is 0.219 e. The van der Waals surface area contributed by atoms with E-state index in [9.17, 15) is 9.59 Å². The fourth-order valence-corrected chi connectivity index (χ4v) is 4.86. The molecule has 3 aromatic heterocycles. The molecular weight excluding hydrogens is 456 g/mol. The number of carbonyl (C=O) groups is 2. The van der Waals surface area contributed by atoms with Gasteiger partial charge in [-0.15, -0.1) is 0 Å². The van der Waals surface area contributed by atoms with Crippen LogP contribution in [0.5, 0.6) is 11.5 Å². The van der Waals surface area contributed by atoms with Crippen molar-refractivity contribution in [3.05, 3.63) is 35.5 Å². The first-order valence-electron chi connectivity index (χ1n) is 10.9. The van der Waals surface area contributed by atoms with Crippen LogP contribution < -0.4 is 19.7 Å². The normalized spacial score (nSPS) is 17.2. The number of aromatic nitrogens is 3. The van der Waals surface area contributed by atoms with Crippen LogP contribution in [0.4, 0.5) is 16.8 Å². The highest BCUT2D eigenvalue weighted by Gasteiger charge is 2.33. The highest BCUT2D eigenvalue weighted by Crippen LogP contribution is 2.37. The minimum atomic E-state index is 0.100. The van der Waals surface area contributed by atoms with E-state index in [4.69, 9.17) is 19.4 Å². The Balaban J connectivity index is 1.43. The maximum atomic E-state index is 11.8. The van der Waals surface area contributed by atoms with Gasteiger partial charge < -0.3 is 24.6 Å². The maximum Gasteiger partial charge on any atom is 0.219 e. The number of anilines is 3. The molecule has 1 N–H and O–H groups in total. The Morgan fingerprint density at radius 2 is 2.18 bits per heavy atom. The number of nitrogens with zero attached hydrogens (tertiary/aromatic N) is 5. The Kier molecular flexibility index (Phi) is 6.01. The van der Waals surface area contributed by atoms with Crippen molar-refractivity contribution >= 4 is 40.3 Å². The van der Waals surface area contributed by atoms with E-state index >= 15 is 0 Å². The largest absolute Gasteiger partial charge is 0.493 e. The third-order valence-corrected chi connectivity index (χ3v) is 6.82. The topological polar surface area (TPSA) is 110 Å². The van der Waals surface area contributed by atoms with E-state index in [-0.39, 0.29) is 11.9 Å². The van der Waals surface area contributed by atoms with Crippen molar-refractivity contribution in [3.8, 4) is 22.8 Å². The maximum absolute atomic E-state index is 11.8. The van der Waals surface area contributed by atoms with E-state index in [0.717, 1.165) is 30.6 Å². The van der Waals surface area contributed by atoms with Gasteiger partial charge in [0.2, 0.25) is 5.91 Å². The van der Waals surface area contributed by atoms with Crippen molar-refractivity contribution in [2.45, 2.75) is 19.4 Å². The number of piperazine rings is 1. The summed E-state index contributed by atoms with van der Waals surface area (Å²) in [7, 11) is 1.57. The Morgan fingerprint density at radius 1 is 1.29 bits per heavy atom. The lowest BCUT2D eigenvalue weighted by Crippen LogP contribution is -2.54. The van der Waals surface area contributed by atoms with Crippen molar-refractivity contribution in [1.82, 2.24) is 19.9 Å². The van der Waals surface area contributed by atoms with Crippen molar-refractivity contribution in [1.29, 1.82) is 0 Å². The van der Waals surface area contributed by atoms with Crippen LogP contribution in [0.25, 0.3) is 11.3 Å². The molecule has 10 nitrogen and oxygen atoms in total. The van der Waals surface area contributed by atoms with E-state index < -0.39 is 0 Å². The van der Waals surface area contributed by atoms with Crippen LogP contribution in [0.15, 0.2) is 30.6 Å². The predicted molar refractivity (Wildman–Crippen MR) is 128 cm³/mol. The quantitative estimate of drug-likeness (QED) is 0.551. The number of amides is 1. The van der Waals surface area contributed by atoms with Crippen LogP contribution >= 0.6 is 11.3 Å². The predicted octanol–water partition coefficient (Wildman–Crippen LogP) is 2.98. The van der Waals surface area contributed by atoms with Gasteiger partial charge in [-0.3, -0.25) is 9.59 Å². The lowest BCUT2D eigenvalue weighted by molar-refractivity contribution is -0.129. The molecule has 11 heteroatoms. The SMILES string of the molecule is COc1ccc(-c2cnc3c(c2)OCCC2CN(C(C)=O)CCN32)nc1Nc1ncc(C=O)s1. The summed E-state index contributed by atoms with van der Waals surface area (Å²) >= 11 is 1.23. The number of fused-ring (bicyclic) bond motifs is 3. The fraction of sp³-hybridized carbons (Fsp3) is 0.348. The first kappa shape index (κ1) is 22.1. The summed E-state index contributed by atoms with van der Waals surface area (Å²) in [4.78, 5) is 41.1. The second kappa shape index (κ2) is 9.26. The number of rotatable bonds is 5. The second-order valence-corrected chi connectivity index (χ2v) is 9.12. The Labute approximate surface area is 200 Å². The van der Waals surface area contributed by atoms with Gasteiger partial charge in [-0.2, -0.15) is 0 Å². The zero-order chi connectivity index (χ0) is 23.7. The van der Waals surface area contributed by atoms with Gasteiger partial charge in [0.15, 0.2) is 34.6 Å². The molecule has 3 aromatic rings. The monoisotopic (exact) mass is 480 g/mol. The lowest BCUT2D eigenvalue weighted by Gasteiger charge is -2.40. The molecule has 0 saturated carbocycles. The standard InChI is InChI=1S/C23H24N6O4S/c1-14(31)28-6-7-29-16(12-28)5-8-33-20-9-15(10-24-22(20)29)18-3-4-19(32-2)21(26-18)27-23-25-11-17(13-30)34-23/h3-4,9-11,13,16H,5-8,12H2,1-2H3,(H,25,26,27). The van der Waals surface area contributed by atoms with Crippen LogP contribution in [0.2, 0.25) is 0 Å². The van der Waals surface area contributed by atoms with E-state index in [2.05, 4.69) is 15.2 Å². The molecule has 2 aliphatic heterocycles. The van der Waals surface area contributed by atoms with Crippen LogP contribution in [-0.2, 0) is 4.79 Å². The number of nitrogens with one attached hydrogen (secondary N) is 1. The zero-order valence-electron chi connectivity index (χ0n) is 18.9. The van der Waals surface area contributed by atoms with Gasteiger partial charge in [0, 0.05) is 44.7 Å². The Morgan fingerprint density at radius 3 is 2.94 bits per heavy atom. The number of thiazole rings is 1. The molecule has 0 aromatic carbocycles. The molecule has 2 aliphatic rings. The van der Waals surface area contributed by atoms with Gasteiger partial charge in [-0.1, -0.05) is 11.3 Å². The minimum Gasteiger partial charge on any atom is -0.493 e. The van der Waals surface area contributed by atoms with Crippen LogP contribution in [-0.4, -0.2) is 71.4 Å². The van der Waals surface area contributed by atoms with Crippen LogP contribution in [0.3, 0.4) is 0 Å². The summed E-state index contributed by atoms with van der Waals surface area (Å²) in [6.45, 7) is 4.24. The molecule has 0 aliphatic carbocycles. The summed E-state index contributed by atoms with van der Waals surface area (Å²) in [6.07, 6.45) is 4.87. The number of pyridine rings is 2. The van der Waals surface area contributed by atoms with Crippen LogP contribution in [0, 0.1) is 0 Å². The number of methoxy groups -OCH3 is 1. The number of aldehydes is 1. The molecule has 5 rings (SSSR count). The van der Waals surface area contributed by atoms with E-state index in [1.54, 1.807) is 20.2 Å². The Hall–Kier alpha value is -3.73. The average Bonchev–Trinajstić information content (AvgIpc) is 3.23. The zero-order valence-corrected chi connectivity index (χ0v) is 19.7. The molecule has 0 bridgehead atoms. The first-order chi connectivity index (χ1) is 16.6. The number of hydrogen-bond acceptors (Lipinski definition) is 10. The molecule has 0 radical (unpaired) electrons. The minimum absolute atomic E-state index is 0.100. The van der Waals surface area contributed by atoms with Crippen molar-refractivity contribution < 1.29 is 19.1 Å². The van der Waals surface area contributed by atoms with Gasteiger partial charge >= 0.3 is 0 Å². The molecule has 34 heavy (non-hydrogen) atoms. The van der Waals surface area contributed by atoms with Gasteiger partial charge in [-0.25, -0.2) is 15.0 Å².